The highest BCUT2D eigenvalue weighted by atomic mass is 32.1. The highest BCUT2D eigenvalue weighted by Gasteiger charge is 2.19. The molecule has 4 rings (SSSR count). The molecule has 0 bridgehead atoms. The zero-order valence-corrected chi connectivity index (χ0v) is 15.4. The van der Waals surface area contributed by atoms with Crippen molar-refractivity contribution in [1.29, 1.82) is 0 Å². The number of benzene rings is 1. The minimum atomic E-state index is -0.527. The van der Waals surface area contributed by atoms with Crippen LogP contribution in [0.25, 0.3) is 11.1 Å². The van der Waals surface area contributed by atoms with Crippen molar-refractivity contribution in [1.82, 2.24) is 9.47 Å². The van der Waals surface area contributed by atoms with Crippen LogP contribution in [0, 0.1) is 0 Å². The Morgan fingerprint density at radius 3 is 2.78 bits per heavy atom. The summed E-state index contributed by atoms with van der Waals surface area (Å²) in [5.74, 6) is 0.0243. The zero-order chi connectivity index (χ0) is 18.6. The monoisotopic (exact) mass is 382 g/mol. The fraction of sp³-hybridized carbons (Fsp3) is 0.200. The summed E-state index contributed by atoms with van der Waals surface area (Å²) in [4.78, 5) is 28.1. The fourth-order valence-corrected chi connectivity index (χ4v) is 3.68. The van der Waals surface area contributed by atoms with Gasteiger partial charge < -0.3 is 13.7 Å². The number of amides is 1. The van der Waals surface area contributed by atoms with E-state index < -0.39 is 5.76 Å². The van der Waals surface area contributed by atoms with Gasteiger partial charge in [-0.2, -0.15) is 0 Å². The van der Waals surface area contributed by atoms with E-state index in [2.05, 4.69) is 0 Å². The molecule has 3 heterocycles. The second-order valence-electron chi connectivity index (χ2n) is 6.15. The van der Waals surface area contributed by atoms with Gasteiger partial charge in [0.25, 0.3) is 0 Å². The Labute approximate surface area is 159 Å². The topological polar surface area (TPSA) is 68.6 Å². The number of hydrogen-bond donors (Lipinski definition) is 0. The summed E-state index contributed by atoms with van der Waals surface area (Å²) in [6.07, 6.45) is 2.34. The van der Waals surface area contributed by atoms with Crippen LogP contribution in [-0.2, 0) is 24.3 Å². The molecule has 0 aliphatic carbocycles. The van der Waals surface area contributed by atoms with E-state index >= 15 is 0 Å². The molecule has 1 aromatic carbocycles. The number of rotatable bonds is 7. The highest BCUT2D eigenvalue weighted by Crippen LogP contribution is 2.15. The first-order chi connectivity index (χ1) is 13.2. The number of carbonyl (C=O) groups excluding carboxylic acids is 1. The van der Waals surface area contributed by atoms with Crippen molar-refractivity contribution in [3.05, 3.63) is 81.4 Å². The van der Waals surface area contributed by atoms with Crippen molar-refractivity contribution < 1.29 is 13.6 Å². The number of nitrogens with zero attached hydrogens (tertiary/aromatic N) is 2. The van der Waals surface area contributed by atoms with Crippen LogP contribution in [0.4, 0.5) is 0 Å². The largest absolute Gasteiger partial charge is 0.467 e. The van der Waals surface area contributed by atoms with Crippen LogP contribution >= 0.6 is 11.3 Å². The van der Waals surface area contributed by atoms with Gasteiger partial charge in [0.05, 0.1) is 18.3 Å². The predicted molar refractivity (Wildman–Crippen MR) is 103 cm³/mol. The van der Waals surface area contributed by atoms with E-state index in [-0.39, 0.29) is 12.5 Å². The van der Waals surface area contributed by atoms with Crippen LogP contribution in [0.5, 0.6) is 0 Å². The molecule has 0 atom stereocenters. The SMILES string of the molecule is O=C(Cn1c(=O)oc2ccccc21)N(CCc1cccs1)Cc1ccco1. The van der Waals surface area contributed by atoms with Crippen molar-refractivity contribution in [3.8, 4) is 0 Å². The van der Waals surface area contributed by atoms with Gasteiger partial charge in [-0.3, -0.25) is 9.36 Å². The zero-order valence-electron chi connectivity index (χ0n) is 14.5. The van der Waals surface area contributed by atoms with E-state index in [1.165, 1.54) is 9.44 Å². The average molecular weight is 382 g/mol. The Kier molecular flexibility index (Phi) is 4.93. The lowest BCUT2D eigenvalue weighted by molar-refractivity contribution is -0.132. The first-order valence-corrected chi connectivity index (χ1v) is 9.49. The summed E-state index contributed by atoms with van der Waals surface area (Å²) < 4.78 is 12.0. The number of furan rings is 1. The molecule has 0 aliphatic heterocycles. The maximum atomic E-state index is 13.0. The molecule has 0 radical (unpaired) electrons. The van der Waals surface area contributed by atoms with Gasteiger partial charge in [-0.05, 0) is 42.1 Å². The number of oxazole rings is 1. The quantitative estimate of drug-likeness (QED) is 0.490. The van der Waals surface area contributed by atoms with E-state index in [1.54, 1.807) is 46.8 Å². The van der Waals surface area contributed by atoms with Crippen LogP contribution in [0.3, 0.4) is 0 Å². The molecule has 0 saturated carbocycles. The summed E-state index contributed by atoms with van der Waals surface area (Å²) in [5, 5.41) is 2.02. The molecule has 0 saturated heterocycles. The number of aromatic nitrogens is 1. The molecule has 0 aliphatic rings. The Hall–Kier alpha value is -3.06. The number of carbonyl (C=O) groups is 1. The van der Waals surface area contributed by atoms with Gasteiger partial charge in [-0.15, -0.1) is 11.3 Å². The number of fused-ring (bicyclic) bond motifs is 1. The highest BCUT2D eigenvalue weighted by molar-refractivity contribution is 7.09. The second-order valence-corrected chi connectivity index (χ2v) is 7.18. The van der Waals surface area contributed by atoms with E-state index in [4.69, 9.17) is 8.83 Å². The normalized spacial score (nSPS) is 11.1. The van der Waals surface area contributed by atoms with E-state index in [0.29, 0.717) is 29.9 Å². The average Bonchev–Trinajstić information content (AvgIpc) is 3.41. The van der Waals surface area contributed by atoms with Crippen molar-refractivity contribution in [2.24, 2.45) is 0 Å². The van der Waals surface area contributed by atoms with Crippen molar-refractivity contribution in [2.45, 2.75) is 19.5 Å². The van der Waals surface area contributed by atoms with E-state index in [1.807, 2.05) is 29.6 Å². The summed E-state index contributed by atoms with van der Waals surface area (Å²) >= 11 is 1.66. The molecule has 0 unspecified atom stereocenters. The van der Waals surface area contributed by atoms with Crippen LogP contribution in [0.2, 0.25) is 0 Å². The molecular weight excluding hydrogens is 364 g/mol. The molecule has 4 aromatic rings. The summed E-state index contributed by atoms with van der Waals surface area (Å²) in [5.41, 5.74) is 1.10. The molecule has 0 N–H and O–H groups in total. The lowest BCUT2D eigenvalue weighted by Crippen LogP contribution is -2.36. The van der Waals surface area contributed by atoms with Gasteiger partial charge >= 0.3 is 5.76 Å². The number of para-hydroxylation sites is 2. The lowest BCUT2D eigenvalue weighted by atomic mass is 10.3. The molecule has 0 spiro atoms. The third kappa shape index (κ3) is 3.88. The van der Waals surface area contributed by atoms with Crippen LogP contribution in [0.1, 0.15) is 10.6 Å². The first kappa shape index (κ1) is 17.4. The van der Waals surface area contributed by atoms with Crippen LogP contribution < -0.4 is 5.76 Å². The number of hydrogen-bond acceptors (Lipinski definition) is 5. The van der Waals surface area contributed by atoms with Gasteiger partial charge in [-0.25, -0.2) is 4.79 Å². The molecule has 3 aromatic heterocycles. The molecule has 1 amide bonds. The van der Waals surface area contributed by atoms with Crippen LogP contribution in [-0.4, -0.2) is 21.9 Å². The molecule has 138 valence electrons. The van der Waals surface area contributed by atoms with E-state index in [9.17, 15) is 9.59 Å². The maximum absolute atomic E-state index is 13.0. The Morgan fingerprint density at radius 2 is 2.00 bits per heavy atom. The Morgan fingerprint density at radius 1 is 1.11 bits per heavy atom. The van der Waals surface area contributed by atoms with Gasteiger partial charge in [0.1, 0.15) is 12.3 Å². The van der Waals surface area contributed by atoms with E-state index in [0.717, 1.165) is 6.42 Å². The number of thiophene rings is 1. The van der Waals surface area contributed by atoms with Gasteiger partial charge in [0.2, 0.25) is 5.91 Å². The predicted octanol–water partition coefficient (Wildman–Crippen LogP) is 3.52. The Balaban J connectivity index is 1.55. The maximum Gasteiger partial charge on any atom is 0.420 e. The van der Waals surface area contributed by atoms with Crippen molar-refractivity contribution in [3.63, 3.8) is 0 Å². The smallest absolute Gasteiger partial charge is 0.420 e. The van der Waals surface area contributed by atoms with Crippen LogP contribution in [0.15, 0.2) is 73.8 Å². The lowest BCUT2D eigenvalue weighted by Gasteiger charge is -2.21. The standard InChI is InChI=1S/C20H18N2O4S/c23-19(14-22-17-7-1-2-8-18(17)26-20(22)24)21(13-15-5-3-11-25-15)10-9-16-6-4-12-27-16/h1-8,11-12H,9-10,13-14H2. The Bertz CT molecular complexity index is 1080. The summed E-state index contributed by atoms with van der Waals surface area (Å²) in [7, 11) is 0. The van der Waals surface area contributed by atoms with Gasteiger partial charge in [0.15, 0.2) is 5.58 Å². The third-order valence-electron chi connectivity index (χ3n) is 4.35. The minimum absolute atomic E-state index is 0.0685. The summed E-state index contributed by atoms with van der Waals surface area (Å²) in [6, 6.07) is 14.8. The van der Waals surface area contributed by atoms with Gasteiger partial charge in [-0.1, -0.05) is 18.2 Å². The first-order valence-electron chi connectivity index (χ1n) is 8.61. The minimum Gasteiger partial charge on any atom is -0.467 e. The molecular formula is C20H18N2O4S. The van der Waals surface area contributed by atoms with Crippen molar-refractivity contribution in [2.75, 3.05) is 6.54 Å². The molecule has 0 fully saturated rings. The fourth-order valence-electron chi connectivity index (χ4n) is 2.98. The third-order valence-corrected chi connectivity index (χ3v) is 5.29. The molecule has 6 nitrogen and oxygen atoms in total. The van der Waals surface area contributed by atoms with Gasteiger partial charge in [0, 0.05) is 11.4 Å². The summed E-state index contributed by atoms with van der Waals surface area (Å²) in [6.45, 7) is 0.841. The molecule has 27 heavy (non-hydrogen) atoms. The second kappa shape index (κ2) is 7.67. The molecule has 7 heteroatoms. The van der Waals surface area contributed by atoms with Crippen molar-refractivity contribution >= 4 is 28.3 Å².